The number of amides is 1. The van der Waals surface area contributed by atoms with Crippen LogP contribution >= 0.6 is 11.8 Å². The molecule has 1 heterocycles. The van der Waals surface area contributed by atoms with E-state index in [9.17, 15) is 14.9 Å². The summed E-state index contributed by atoms with van der Waals surface area (Å²) in [7, 11) is 0. The molecular formula is C15H10N2O3S. The standard InChI is InChI=1S/C15H10N2O3S/c18-15-11-7-4-8-13(17(19)20)14(11)12(16-15)9-21-10-5-2-1-3-6-10/h1-9H,(H,16,18)/b12-9-. The largest absolute Gasteiger partial charge is 0.321 e. The zero-order valence-electron chi connectivity index (χ0n) is 10.8. The Morgan fingerprint density at radius 1 is 1.10 bits per heavy atom. The zero-order chi connectivity index (χ0) is 14.8. The van der Waals surface area contributed by atoms with E-state index in [1.54, 1.807) is 11.5 Å². The van der Waals surface area contributed by atoms with Crippen LogP contribution in [0.1, 0.15) is 15.9 Å². The number of carbonyl (C=O) groups excluding carboxylic acids is 1. The molecule has 1 aliphatic heterocycles. The SMILES string of the molecule is O=C1N/C(=C\Sc2ccccc2)c2c1cccc2[N+](=O)[O-]. The molecule has 104 valence electrons. The highest BCUT2D eigenvalue weighted by molar-refractivity contribution is 8.02. The van der Waals surface area contributed by atoms with Gasteiger partial charge in [0, 0.05) is 16.4 Å². The van der Waals surface area contributed by atoms with E-state index in [4.69, 9.17) is 0 Å². The Kier molecular flexibility index (Phi) is 3.45. The molecule has 1 amide bonds. The number of benzene rings is 2. The first-order valence-electron chi connectivity index (χ1n) is 6.18. The molecule has 1 N–H and O–H groups in total. The number of hydrogen-bond donors (Lipinski definition) is 1. The van der Waals surface area contributed by atoms with Gasteiger partial charge in [0.25, 0.3) is 11.6 Å². The zero-order valence-corrected chi connectivity index (χ0v) is 11.6. The minimum Gasteiger partial charge on any atom is -0.321 e. The van der Waals surface area contributed by atoms with Crippen LogP contribution in [0.25, 0.3) is 5.70 Å². The fourth-order valence-corrected chi connectivity index (χ4v) is 2.88. The second-order valence-electron chi connectivity index (χ2n) is 4.37. The van der Waals surface area contributed by atoms with Crippen LogP contribution in [0.5, 0.6) is 0 Å². The molecule has 0 fully saturated rings. The summed E-state index contributed by atoms with van der Waals surface area (Å²) in [5.74, 6) is -0.311. The molecular weight excluding hydrogens is 288 g/mol. The van der Waals surface area contributed by atoms with Gasteiger partial charge in [-0.1, -0.05) is 36.0 Å². The first kappa shape index (κ1) is 13.4. The fourth-order valence-electron chi connectivity index (χ4n) is 2.13. The Bertz CT molecular complexity index is 757. The molecule has 0 aromatic heterocycles. The van der Waals surface area contributed by atoms with Crippen molar-refractivity contribution in [3.8, 4) is 0 Å². The van der Waals surface area contributed by atoms with Gasteiger partial charge in [0.2, 0.25) is 0 Å². The molecule has 0 spiro atoms. The van der Waals surface area contributed by atoms with Gasteiger partial charge in [-0.05, 0) is 18.2 Å². The number of fused-ring (bicyclic) bond motifs is 1. The Morgan fingerprint density at radius 2 is 1.86 bits per heavy atom. The van der Waals surface area contributed by atoms with E-state index in [1.807, 2.05) is 30.3 Å². The van der Waals surface area contributed by atoms with Gasteiger partial charge >= 0.3 is 0 Å². The molecule has 0 atom stereocenters. The predicted molar refractivity (Wildman–Crippen MR) is 80.8 cm³/mol. The normalized spacial score (nSPS) is 14.9. The summed E-state index contributed by atoms with van der Waals surface area (Å²) in [5, 5.41) is 15.5. The second kappa shape index (κ2) is 5.41. The van der Waals surface area contributed by atoms with Crippen molar-refractivity contribution >= 4 is 29.1 Å². The van der Waals surface area contributed by atoms with Crippen molar-refractivity contribution in [1.82, 2.24) is 5.32 Å². The molecule has 21 heavy (non-hydrogen) atoms. The number of nitrogens with zero attached hydrogens (tertiary/aromatic N) is 1. The lowest BCUT2D eigenvalue weighted by molar-refractivity contribution is -0.385. The fraction of sp³-hybridized carbons (Fsp3) is 0. The smallest absolute Gasteiger partial charge is 0.279 e. The second-order valence-corrected chi connectivity index (χ2v) is 5.32. The van der Waals surface area contributed by atoms with E-state index >= 15 is 0 Å². The quantitative estimate of drug-likeness (QED) is 0.535. The molecule has 0 unspecified atom stereocenters. The summed E-state index contributed by atoms with van der Waals surface area (Å²) in [6.07, 6.45) is 0. The molecule has 6 heteroatoms. The van der Waals surface area contributed by atoms with Crippen LogP contribution in [0.3, 0.4) is 0 Å². The van der Waals surface area contributed by atoms with Crippen molar-refractivity contribution in [3.63, 3.8) is 0 Å². The first-order chi connectivity index (χ1) is 10.2. The van der Waals surface area contributed by atoms with Gasteiger partial charge in [-0.15, -0.1) is 0 Å². The average molecular weight is 298 g/mol. The maximum Gasteiger partial charge on any atom is 0.279 e. The van der Waals surface area contributed by atoms with Crippen LogP contribution in [-0.2, 0) is 0 Å². The van der Waals surface area contributed by atoms with Gasteiger partial charge in [0.15, 0.2) is 0 Å². The highest BCUT2D eigenvalue weighted by Gasteiger charge is 2.31. The lowest BCUT2D eigenvalue weighted by Crippen LogP contribution is -2.11. The van der Waals surface area contributed by atoms with Gasteiger partial charge in [-0.2, -0.15) is 0 Å². The number of nitro benzene ring substituents is 1. The van der Waals surface area contributed by atoms with Crippen molar-refractivity contribution in [1.29, 1.82) is 0 Å². The van der Waals surface area contributed by atoms with Crippen LogP contribution in [0.15, 0.2) is 58.8 Å². The van der Waals surface area contributed by atoms with E-state index in [1.165, 1.54) is 23.9 Å². The van der Waals surface area contributed by atoms with Crippen LogP contribution in [0, 0.1) is 10.1 Å². The number of nitro groups is 1. The van der Waals surface area contributed by atoms with Crippen molar-refractivity contribution in [3.05, 3.63) is 75.2 Å². The van der Waals surface area contributed by atoms with Gasteiger partial charge < -0.3 is 5.32 Å². The minimum absolute atomic E-state index is 0.0641. The summed E-state index contributed by atoms with van der Waals surface area (Å²) in [6.45, 7) is 0. The average Bonchev–Trinajstić information content (AvgIpc) is 2.83. The Morgan fingerprint density at radius 3 is 2.57 bits per heavy atom. The van der Waals surface area contributed by atoms with Crippen molar-refractivity contribution in [2.75, 3.05) is 0 Å². The van der Waals surface area contributed by atoms with Crippen molar-refractivity contribution < 1.29 is 9.72 Å². The summed E-state index contributed by atoms with van der Waals surface area (Å²) in [4.78, 5) is 23.5. The topological polar surface area (TPSA) is 72.2 Å². The number of carbonyl (C=O) groups is 1. The number of hydrogen-bond acceptors (Lipinski definition) is 4. The van der Waals surface area contributed by atoms with Gasteiger partial charge in [0.1, 0.15) is 0 Å². The van der Waals surface area contributed by atoms with Gasteiger partial charge in [-0.3, -0.25) is 14.9 Å². The Balaban J connectivity index is 2.01. The molecule has 2 aromatic carbocycles. The number of rotatable bonds is 3. The molecule has 0 saturated carbocycles. The predicted octanol–water partition coefficient (Wildman–Crippen LogP) is 3.43. The van der Waals surface area contributed by atoms with E-state index in [2.05, 4.69) is 5.32 Å². The third kappa shape index (κ3) is 2.53. The van der Waals surface area contributed by atoms with E-state index in [0.717, 1.165) is 4.90 Å². The van der Waals surface area contributed by atoms with Gasteiger partial charge in [-0.25, -0.2) is 0 Å². The Labute approximate surface area is 124 Å². The summed E-state index contributed by atoms with van der Waals surface area (Å²) in [6, 6.07) is 14.1. The minimum atomic E-state index is -0.472. The third-order valence-electron chi connectivity index (χ3n) is 3.06. The molecule has 5 nitrogen and oxygen atoms in total. The third-order valence-corrected chi connectivity index (χ3v) is 3.96. The molecule has 0 bridgehead atoms. The van der Waals surface area contributed by atoms with Crippen LogP contribution in [-0.4, -0.2) is 10.8 Å². The molecule has 1 aliphatic rings. The molecule has 0 radical (unpaired) electrons. The Hall–Kier alpha value is -2.60. The summed E-state index contributed by atoms with van der Waals surface area (Å²) >= 11 is 1.40. The van der Waals surface area contributed by atoms with Crippen LogP contribution in [0.4, 0.5) is 5.69 Å². The lowest BCUT2D eigenvalue weighted by Gasteiger charge is -2.01. The maximum absolute atomic E-state index is 11.9. The van der Waals surface area contributed by atoms with E-state index < -0.39 is 4.92 Å². The molecule has 0 aliphatic carbocycles. The maximum atomic E-state index is 11.9. The van der Waals surface area contributed by atoms with E-state index in [-0.39, 0.29) is 11.6 Å². The first-order valence-corrected chi connectivity index (χ1v) is 7.06. The monoisotopic (exact) mass is 298 g/mol. The van der Waals surface area contributed by atoms with Crippen LogP contribution < -0.4 is 5.32 Å². The highest BCUT2D eigenvalue weighted by Crippen LogP contribution is 2.35. The molecule has 3 rings (SSSR count). The van der Waals surface area contributed by atoms with Gasteiger partial charge in [0.05, 0.1) is 21.7 Å². The molecule has 0 saturated heterocycles. The summed E-state index contributed by atoms with van der Waals surface area (Å²) in [5.41, 5.74) is 1.10. The number of thioether (sulfide) groups is 1. The lowest BCUT2D eigenvalue weighted by atomic mass is 10.1. The van der Waals surface area contributed by atoms with Crippen molar-refractivity contribution in [2.45, 2.75) is 4.90 Å². The summed E-state index contributed by atoms with van der Waals surface area (Å²) < 4.78 is 0. The highest BCUT2D eigenvalue weighted by atomic mass is 32.2. The molecule has 2 aromatic rings. The van der Waals surface area contributed by atoms with E-state index in [0.29, 0.717) is 16.8 Å². The van der Waals surface area contributed by atoms with Crippen LogP contribution in [0.2, 0.25) is 0 Å². The van der Waals surface area contributed by atoms with Crippen molar-refractivity contribution in [2.24, 2.45) is 0 Å². The number of nitrogens with one attached hydrogen (secondary N) is 1.